The number of rotatable bonds is 7. The number of unbranched alkanes of at least 4 members (excludes halogenated alkanes) is 2. The predicted octanol–water partition coefficient (Wildman–Crippen LogP) is 2.41. The molecule has 0 saturated carbocycles. The zero-order valence-corrected chi connectivity index (χ0v) is 11.9. The molecular formula is C14H28N2O. The van der Waals surface area contributed by atoms with Gasteiger partial charge >= 0.3 is 0 Å². The van der Waals surface area contributed by atoms with E-state index in [4.69, 9.17) is 0 Å². The Morgan fingerprint density at radius 1 is 1.41 bits per heavy atom. The van der Waals surface area contributed by atoms with Crippen LogP contribution in [-0.4, -0.2) is 37.0 Å². The van der Waals surface area contributed by atoms with Crippen LogP contribution >= 0.6 is 0 Å². The first-order chi connectivity index (χ1) is 7.96. The van der Waals surface area contributed by atoms with E-state index >= 15 is 0 Å². The van der Waals surface area contributed by atoms with Crippen LogP contribution in [0.25, 0.3) is 0 Å². The summed E-state index contributed by atoms with van der Waals surface area (Å²) in [4.78, 5) is 13.6. The Bertz CT molecular complexity index is 251. The van der Waals surface area contributed by atoms with Crippen molar-refractivity contribution in [1.29, 1.82) is 0 Å². The summed E-state index contributed by atoms with van der Waals surface area (Å²) in [7, 11) is 1.89. The van der Waals surface area contributed by atoms with Crippen LogP contribution in [0.4, 0.5) is 0 Å². The van der Waals surface area contributed by atoms with Crippen LogP contribution < -0.4 is 5.32 Å². The first-order valence-corrected chi connectivity index (χ1v) is 6.94. The van der Waals surface area contributed by atoms with Gasteiger partial charge in [0.15, 0.2) is 0 Å². The zero-order chi connectivity index (χ0) is 12.9. The van der Waals surface area contributed by atoms with Crippen LogP contribution in [0.1, 0.15) is 52.9 Å². The lowest BCUT2D eigenvalue weighted by atomic mass is 9.86. The van der Waals surface area contributed by atoms with Crippen molar-refractivity contribution >= 4 is 5.91 Å². The molecule has 1 aliphatic rings. The van der Waals surface area contributed by atoms with Crippen LogP contribution in [0.3, 0.4) is 0 Å². The van der Waals surface area contributed by atoms with E-state index in [-0.39, 0.29) is 11.9 Å². The number of amides is 1. The second-order valence-electron chi connectivity index (χ2n) is 6.10. The summed E-state index contributed by atoms with van der Waals surface area (Å²) in [5.74, 6) is 0.259. The first kappa shape index (κ1) is 14.5. The number of nitrogens with zero attached hydrogens (tertiary/aromatic N) is 1. The average molecular weight is 240 g/mol. The van der Waals surface area contributed by atoms with Gasteiger partial charge in [0, 0.05) is 20.1 Å². The van der Waals surface area contributed by atoms with Crippen molar-refractivity contribution in [3.8, 4) is 0 Å². The number of likely N-dealkylation sites (N-methyl/N-ethyl adjacent to an activating group) is 1. The second-order valence-corrected chi connectivity index (χ2v) is 6.10. The third kappa shape index (κ3) is 4.66. The van der Waals surface area contributed by atoms with Gasteiger partial charge in [-0.2, -0.15) is 0 Å². The van der Waals surface area contributed by atoms with E-state index in [0.717, 1.165) is 19.5 Å². The Morgan fingerprint density at radius 2 is 2.12 bits per heavy atom. The van der Waals surface area contributed by atoms with Gasteiger partial charge in [-0.1, -0.05) is 40.0 Å². The predicted molar refractivity (Wildman–Crippen MR) is 72.0 cm³/mol. The van der Waals surface area contributed by atoms with E-state index < -0.39 is 0 Å². The maximum Gasteiger partial charge on any atom is 0.239 e. The lowest BCUT2D eigenvalue weighted by Crippen LogP contribution is -2.41. The molecule has 1 saturated heterocycles. The minimum atomic E-state index is 0.0606. The van der Waals surface area contributed by atoms with Crippen LogP contribution in [0.5, 0.6) is 0 Å². The van der Waals surface area contributed by atoms with Crippen molar-refractivity contribution in [3.63, 3.8) is 0 Å². The zero-order valence-electron chi connectivity index (χ0n) is 11.9. The highest BCUT2D eigenvalue weighted by Crippen LogP contribution is 2.23. The Balaban J connectivity index is 2.26. The molecule has 3 heteroatoms. The normalized spacial score (nSPS) is 21.3. The van der Waals surface area contributed by atoms with Crippen molar-refractivity contribution in [3.05, 3.63) is 0 Å². The van der Waals surface area contributed by atoms with Gasteiger partial charge in [0.05, 0.1) is 6.04 Å². The molecule has 1 rings (SSSR count). The van der Waals surface area contributed by atoms with Crippen LogP contribution in [0.15, 0.2) is 0 Å². The summed E-state index contributed by atoms with van der Waals surface area (Å²) in [6, 6.07) is 0.0606. The number of carbonyl (C=O) groups excluding carboxylic acids is 1. The number of hydrogen-bond acceptors (Lipinski definition) is 2. The Hall–Kier alpha value is -0.570. The van der Waals surface area contributed by atoms with Gasteiger partial charge in [-0.3, -0.25) is 4.79 Å². The van der Waals surface area contributed by atoms with Crippen molar-refractivity contribution in [1.82, 2.24) is 10.2 Å². The minimum absolute atomic E-state index is 0.0606. The molecule has 0 radical (unpaired) electrons. The molecule has 1 aliphatic heterocycles. The molecule has 1 amide bonds. The number of nitrogens with one attached hydrogen (secondary N) is 1. The van der Waals surface area contributed by atoms with Crippen LogP contribution in [0.2, 0.25) is 0 Å². The molecule has 0 aromatic rings. The summed E-state index contributed by atoms with van der Waals surface area (Å²) < 4.78 is 0. The monoisotopic (exact) mass is 240 g/mol. The Kier molecular flexibility index (Phi) is 5.44. The highest BCUT2D eigenvalue weighted by molar-refractivity contribution is 5.83. The minimum Gasteiger partial charge on any atom is -0.344 e. The number of carbonyl (C=O) groups is 1. The molecule has 0 aromatic heterocycles. The quantitative estimate of drug-likeness (QED) is 0.693. The van der Waals surface area contributed by atoms with Crippen molar-refractivity contribution in [2.75, 3.05) is 20.1 Å². The molecule has 17 heavy (non-hydrogen) atoms. The molecule has 1 unspecified atom stereocenters. The molecule has 100 valence electrons. The second kappa shape index (κ2) is 6.39. The Morgan fingerprint density at radius 3 is 2.65 bits per heavy atom. The summed E-state index contributed by atoms with van der Waals surface area (Å²) in [6.45, 7) is 8.66. The molecule has 1 fully saturated rings. The van der Waals surface area contributed by atoms with E-state index in [0.29, 0.717) is 5.41 Å². The third-order valence-electron chi connectivity index (χ3n) is 3.71. The van der Waals surface area contributed by atoms with Gasteiger partial charge in [-0.25, -0.2) is 0 Å². The fourth-order valence-corrected chi connectivity index (χ4v) is 2.35. The molecule has 3 nitrogen and oxygen atoms in total. The molecule has 0 aliphatic carbocycles. The molecule has 1 N–H and O–H groups in total. The SMILES string of the molecule is CCCCCC(C)(C)CNC1CCN(C)C1=O. The maximum absolute atomic E-state index is 11.7. The third-order valence-corrected chi connectivity index (χ3v) is 3.71. The molecule has 1 atom stereocenters. The van der Waals surface area contributed by atoms with E-state index in [1.165, 1.54) is 25.7 Å². The van der Waals surface area contributed by atoms with Crippen molar-refractivity contribution in [2.45, 2.75) is 58.9 Å². The lowest BCUT2D eigenvalue weighted by Gasteiger charge is -2.26. The highest BCUT2D eigenvalue weighted by atomic mass is 16.2. The van der Waals surface area contributed by atoms with Crippen molar-refractivity contribution in [2.24, 2.45) is 5.41 Å². The topological polar surface area (TPSA) is 32.3 Å². The summed E-state index contributed by atoms with van der Waals surface area (Å²) in [5.41, 5.74) is 0.302. The standard InChI is InChI=1S/C14H28N2O/c1-5-6-7-9-14(2,3)11-15-12-8-10-16(4)13(12)17/h12,15H,5-11H2,1-4H3. The van der Waals surface area contributed by atoms with E-state index in [9.17, 15) is 4.79 Å². The highest BCUT2D eigenvalue weighted by Gasteiger charge is 2.30. The van der Waals surface area contributed by atoms with Gasteiger partial charge in [0.25, 0.3) is 0 Å². The molecular weight excluding hydrogens is 212 g/mol. The summed E-state index contributed by atoms with van der Waals surface area (Å²) in [6.07, 6.45) is 6.08. The van der Waals surface area contributed by atoms with E-state index in [1.807, 2.05) is 11.9 Å². The van der Waals surface area contributed by atoms with Gasteiger partial charge in [0.2, 0.25) is 5.91 Å². The number of likely N-dealkylation sites (tertiary alicyclic amines) is 1. The summed E-state index contributed by atoms with van der Waals surface area (Å²) in [5, 5.41) is 3.44. The van der Waals surface area contributed by atoms with Gasteiger partial charge < -0.3 is 10.2 Å². The first-order valence-electron chi connectivity index (χ1n) is 6.94. The number of hydrogen-bond donors (Lipinski definition) is 1. The van der Waals surface area contributed by atoms with E-state index in [2.05, 4.69) is 26.1 Å². The van der Waals surface area contributed by atoms with Gasteiger partial charge in [0.1, 0.15) is 0 Å². The Labute approximate surface area is 106 Å². The van der Waals surface area contributed by atoms with Gasteiger partial charge in [-0.05, 0) is 18.3 Å². The smallest absolute Gasteiger partial charge is 0.239 e. The summed E-state index contributed by atoms with van der Waals surface area (Å²) >= 11 is 0. The van der Waals surface area contributed by atoms with E-state index in [1.54, 1.807) is 0 Å². The average Bonchev–Trinajstić information content (AvgIpc) is 2.58. The largest absolute Gasteiger partial charge is 0.344 e. The lowest BCUT2D eigenvalue weighted by molar-refractivity contribution is -0.128. The fraction of sp³-hybridized carbons (Fsp3) is 0.929. The molecule has 0 spiro atoms. The van der Waals surface area contributed by atoms with Crippen LogP contribution in [-0.2, 0) is 4.79 Å². The fourth-order valence-electron chi connectivity index (χ4n) is 2.35. The molecule has 0 bridgehead atoms. The molecule has 1 heterocycles. The molecule has 0 aromatic carbocycles. The maximum atomic E-state index is 11.7. The van der Waals surface area contributed by atoms with Crippen LogP contribution in [0, 0.1) is 5.41 Å². The van der Waals surface area contributed by atoms with Gasteiger partial charge in [-0.15, -0.1) is 0 Å². The van der Waals surface area contributed by atoms with Crippen molar-refractivity contribution < 1.29 is 4.79 Å².